The smallest absolute Gasteiger partial charge is 0.246 e. The predicted octanol–water partition coefficient (Wildman–Crippen LogP) is 5.69. The molecule has 0 unspecified atom stereocenters. The number of ether oxygens (including phenoxy) is 2. The van der Waals surface area contributed by atoms with Gasteiger partial charge in [-0.05, 0) is 42.5 Å². The van der Waals surface area contributed by atoms with E-state index in [1.165, 1.54) is 0 Å². The van der Waals surface area contributed by atoms with Crippen LogP contribution >= 0.6 is 11.3 Å². The maximum absolute atomic E-state index is 6.01. The number of methoxy groups -OCH3 is 1. The number of aromatic nitrogens is 4. The zero-order chi connectivity index (χ0) is 21.0. The molecule has 0 bridgehead atoms. The van der Waals surface area contributed by atoms with Crippen molar-refractivity contribution in [3.8, 4) is 28.6 Å². The van der Waals surface area contributed by atoms with Crippen LogP contribution < -0.4 is 14.8 Å². The molecule has 0 aliphatic rings. The summed E-state index contributed by atoms with van der Waals surface area (Å²) < 4.78 is 12.4. The van der Waals surface area contributed by atoms with Gasteiger partial charge in [0.05, 0.1) is 23.5 Å². The van der Waals surface area contributed by atoms with Crippen molar-refractivity contribution in [1.29, 1.82) is 0 Å². The molecule has 2 aromatic carbocycles. The van der Waals surface area contributed by atoms with Crippen molar-refractivity contribution in [3.63, 3.8) is 0 Å². The van der Waals surface area contributed by atoms with Gasteiger partial charge in [0, 0.05) is 29.8 Å². The van der Waals surface area contributed by atoms with E-state index in [4.69, 9.17) is 9.47 Å². The highest BCUT2D eigenvalue weighted by Gasteiger charge is 2.12. The van der Waals surface area contributed by atoms with Crippen LogP contribution in [0.2, 0.25) is 0 Å². The molecule has 152 valence electrons. The van der Waals surface area contributed by atoms with E-state index in [0.29, 0.717) is 23.1 Å². The van der Waals surface area contributed by atoms with E-state index in [1.807, 2.05) is 48.5 Å². The van der Waals surface area contributed by atoms with Gasteiger partial charge in [0.15, 0.2) is 5.13 Å². The maximum Gasteiger partial charge on any atom is 0.246 e. The quantitative estimate of drug-likeness (QED) is 0.373. The van der Waals surface area contributed by atoms with Gasteiger partial charge in [-0.15, -0.1) is 0 Å². The van der Waals surface area contributed by atoms with Crippen molar-refractivity contribution in [1.82, 2.24) is 19.9 Å². The first-order valence-corrected chi connectivity index (χ1v) is 10.3. The number of anilines is 2. The highest BCUT2D eigenvalue weighted by atomic mass is 32.1. The van der Waals surface area contributed by atoms with Crippen molar-refractivity contribution in [2.24, 2.45) is 0 Å². The zero-order valence-corrected chi connectivity index (χ0v) is 17.3. The lowest BCUT2D eigenvalue weighted by molar-refractivity contribution is 0.413. The summed E-state index contributed by atoms with van der Waals surface area (Å²) in [6.45, 7) is 0. The van der Waals surface area contributed by atoms with Crippen molar-refractivity contribution in [3.05, 3.63) is 79.4 Å². The molecule has 7 nitrogen and oxygen atoms in total. The molecular formula is C23H17N5O2S. The lowest BCUT2D eigenvalue weighted by Gasteiger charge is -2.10. The normalized spacial score (nSPS) is 10.7. The van der Waals surface area contributed by atoms with Crippen LogP contribution in [0.4, 0.5) is 10.8 Å². The van der Waals surface area contributed by atoms with Crippen molar-refractivity contribution >= 4 is 32.4 Å². The minimum absolute atomic E-state index is 0.393. The number of nitrogens with zero attached hydrogens (tertiary/aromatic N) is 4. The number of hydrogen-bond donors (Lipinski definition) is 1. The van der Waals surface area contributed by atoms with Crippen molar-refractivity contribution < 1.29 is 9.47 Å². The summed E-state index contributed by atoms with van der Waals surface area (Å²) in [5, 5.41) is 4.18. The maximum atomic E-state index is 6.01. The number of para-hydroxylation sites is 1. The lowest BCUT2D eigenvalue weighted by Crippen LogP contribution is -1.95. The molecule has 31 heavy (non-hydrogen) atoms. The largest absolute Gasteiger partial charge is 0.495 e. The van der Waals surface area contributed by atoms with Gasteiger partial charge in [-0.25, -0.2) is 15.0 Å². The lowest BCUT2D eigenvalue weighted by atomic mass is 10.2. The molecule has 0 amide bonds. The monoisotopic (exact) mass is 427 g/mol. The molecule has 5 rings (SSSR count). The van der Waals surface area contributed by atoms with Gasteiger partial charge in [-0.3, -0.25) is 4.98 Å². The molecular weight excluding hydrogens is 410 g/mol. The van der Waals surface area contributed by atoms with E-state index in [9.17, 15) is 0 Å². The second-order valence-electron chi connectivity index (χ2n) is 6.56. The van der Waals surface area contributed by atoms with Gasteiger partial charge in [-0.1, -0.05) is 23.5 Å². The second kappa shape index (κ2) is 8.37. The molecule has 0 saturated heterocycles. The molecule has 8 heteroatoms. The third-order valence-corrected chi connectivity index (χ3v) is 5.45. The Morgan fingerprint density at radius 2 is 1.74 bits per heavy atom. The molecule has 3 heterocycles. The topological polar surface area (TPSA) is 82.1 Å². The summed E-state index contributed by atoms with van der Waals surface area (Å²) in [4.78, 5) is 17.5. The van der Waals surface area contributed by atoms with Gasteiger partial charge < -0.3 is 14.8 Å². The Morgan fingerprint density at radius 1 is 0.903 bits per heavy atom. The Labute approximate surface area is 182 Å². The van der Waals surface area contributed by atoms with Crippen LogP contribution in [-0.4, -0.2) is 27.0 Å². The SMILES string of the molecule is COc1cncc(-c2nccnc2Oc2ccc(Nc3nc4ccccc4s3)cc2)c1. The average molecular weight is 427 g/mol. The first kappa shape index (κ1) is 19.0. The molecule has 0 aliphatic carbocycles. The van der Waals surface area contributed by atoms with E-state index in [0.717, 1.165) is 26.6 Å². The third kappa shape index (κ3) is 4.15. The summed E-state index contributed by atoms with van der Waals surface area (Å²) in [5.41, 5.74) is 3.25. The third-order valence-electron chi connectivity index (χ3n) is 4.50. The van der Waals surface area contributed by atoms with Gasteiger partial charge in [0.1, 0.15) is 17.2 Å². The predicted molar refractivity (Wildman–Crippen MR) is 121 cm³/mol. The Balaban J connectivity index is 1.35. The second-order valence-corrected chi connectivity index (χ2v) is 7.59. The van der Waals surface area contributed by atoms with E-state index >= 15 is 0 Å². The zero-order valence-electron chi connectivity index (χ0n) is 16.5. The van der Waals surface area contributed by atoms with E-state index in [2.05, 4.69) is 31.3 Å². The Bertz CT molecular complexity index is 1300. The summed E-state index contributed by atoms with van der Waals surface area (Å²) in [5.74, 6) is 1.68. The average Bonchev–Trinajstić information content (AvgIpc) is 3.23. The number of fused-ring (bicyclic) bond motifs is 1. The molecule has 0 spiro atoms. The summed E-state index contributed by atoms with van der Waals surface area (Å²) in [6, 6.07) is 17.5. The molecule has 3 aromatic heterocycles. The first-order chi connectivity index (χ1) is 15.3. The van der Waals surface area contributed by atoms with Gasteiger partial charge in [0.25, 0.3) is 0 Å². The van der Waals surface area contributed by atoms with Crippen LogP contribution in [0.5, 0.6) is 17.4 Å². The molecule has 0 saturated carbocycles. The fourth-order valence-corrected chi connectivity index (χ4v) is 3.91. The van der Waals surface area contributed by atoms with E-state index < -0.39 is 0 Å². The Morgan fingerprint density at radius 3 is 2.58 bits per heavy atom. The Kier molecular flexibility index (Phi) is 5.12. The summed E-state index contributed by atoms with van der Waals surface area (Å²) in [6.07, 6.45) is 6.55. The number of nitrogens with one attached hydrogen (secondary N) is 1. The minimum Gasteiger partial charge on any atom is -0.495 e. The van der Waals surface area contributed by atoms with Crippen LogP contribution in [0.3, 0.4) is 0 Å². The van der Waals surface area contributed by atoms with Crippen LogP contribution in [-0.2, 0) is 0 Å². The van der Waals surface area contributed by atoms with Crippen LogP contribution in [0, 0.1) is 0 Å². The van der Waals surface area contributed by atoms with Crippen LogP contribution in [0.15, 0.2) is 79.4 Å². The summed E-state index contributed by atoms with van der Waals surface area (Å²) in [7, 11) is 1.60. The molecule has 1 N–H and O–H groups in total. The number of rotatable bonds is 6. The molecule has 0 radical (unpaired) electrons. The fourth-order valence-electron chi connectivity index (χ4n) is 3.03. The fraction of sp³-hybridized carbons (Fsp3) is 0.0435. The van der Waals surface area contributed by atoms with Crippen molar-refractivity contribution in [2.45, 2.75) is 0 Å². The number of benzene rings is 2. The number of thiazole rings is 1. The first-order valence-electron chi connectivity index (χ1n) is 9.49. The summed E-state index contributed by atoms with van der Waals surface area (Å²) >= 11 is 1.61. The number of pyridine rings is 1. The van der Waals surface area contributed by atoms with E-state index in [-0.39, 0.29) is 0 Å². The molecule has 0 fully saturated rings. The Hall–Kier alpha value is -4.04. The highest BCUT2D eigenvalue weighted by Crippen LogP contribution is 2.32. The van der Waals surface area contributed by atoms with Crippen molar-refractivity contribution in [2.75, 3.05) is 12.4 Å². The van der Waals surface area contributed by atoms with Crippen LogP contribution in [0.1, 0.15) is 0 Å². The van der Waals surface area contributed by atoms with Gasteiger partial charge in [0.2, 0.25) is 5.88 Å². The molecule has 5 aromatic rings. The molecule has 0 aliphatic heterocycles. The minimum atomic E-state index is 0.393. The van der Waals surface area contributed by atoms with Gasteiger partial charge >= 0.3 is 0 Å². The highest BCUT2D eigenvalue weighted by molar-refractivity contribution is 7.22. The van der Waals surface area contributed by atoms with E-state index in [1.54, 1.807) is 43.2 Å². The number of hydrogen-bond acceptors (Lipinski definition) is 8. The van der Waals surface area contributed by atoms with Gasteiger partial charge in [-0.2, -0.15) is 0 Å². The standard InChI is InChI=1S/C23H17N5O2S/c1-29-18-12-15(13-24-14-18)21-22(26-11-10-25-21)30-17-8-6-16(7-9-17)27-23-28-19-4-2-3-5-20(19)31-23/h2-14H,1H3,(H,27,28). The molecule has 0 atom stereocenters. The van der Waals surface area contributed by atoms with Crippen LogP contribution in [0.25, 0.3) is 21.5 Å².